The Morgan fingerprint density at radius 1 is 1.10 bits per heavy atom. The van der Waals surface area contributed by atoms with Crippen molar-refractivity contribution < 1.29 is 38.7 Å². The number of amides is 3. The van der Waals surface area contributed by atoms with Crippen molar-refractivity contribution in [1.82, 2.24) is 19.8 Å². The number of benzene rings is 1. The van der Waals surface area contributed by atoms with Crippen molar-refractivity contribution in [3.05, 3.63) is 57.9 Å². The quantitative estimate of drug-likeness (QED) is 0.0897. The number of nitrogens with zero attached hydrogens (tertiary/aromatic N) is 4. The van der Waals surface area contributed by atoms with E-state index in [1.54, 1.807) is 6.07 Å². The van der Waals surface area contributed by atoms with Gasteiger partial charge in [-0.3, -0.25) is 19.3 Å². The van der Waals surface area contributed by atoms with E-state index in [0.717, 1.165) is 19.3 Å². The van der Waals surface area contributed by atoms with Crippen molar-refractivity contribution in [2.75, 3.05) is 25.0 Å². The van der Waals surface area contributed by atoms with Crippen LogP contribution in [-0.4, -0.2) is 68.0 Å². The Labute approximate surface area is 228 Å². The number of nitro groups is 1. The zero-order chi connectivity index (χ0) is 29.1. The summed E-state index contributed by atoms with van der Waals surface area (Å²) in [7, 11) is 1.48. The Hall–Kier alpha value is -4.79. The third-order valence-electron chi connectivity index (χ3n) is 5.95. The van der Waals surface area contributed by atoms with Crippen LogP contribution < -0.4 is 15.4 Å². The molecule has 15 nitrogen and oxygen atoms in total. The van der Waals surface area contributed by atoms with Gasteiger partial charge in [-0.2, -0.15) is 0 Å². The van der Waals surface area contributed by atoms with Crippen LogP contribution in [0.5, 0.6) is 5.75 Å². The van der Waals surface area contributed by atoms with Crippen molar-refractivity contribution in [1.29, 1.82) is 0 Å². The molecule has 1 aliphatic rings. The van der Waals surface area contributed by atoms with Crippen LogP contribution in [0.4, 0.5) is 16.4 Å². The maximum atomic E-state index is 12.6. The summed E-state index contributed by atoms with van der Waals surface area (Å²) in [6, 6.07) is 4.63. The normalized spacial score (nSPS) is 12.6. The van der Waals surface area contributed by atoms with E-state index in [4.69, 9.17) is 9.84 Å². The number of carboxylic acid groups (broad SMARTS) is 1. The summed E-state index contributed by atoms with van der Waals surface area (Å²) in [5, 5.41) is 25.6. The molecule has 0 unspecified atom stereocenters. The highest BCUT2D eigenvalue weighted by molar-refractivity contribution is 6.12. The summed E-state index contributed by atoms with van der Waals surface area (Å²) in [6.07, 6.45) is 5.59. The van der Waals surface area contributed by atoms with Crippen LogP contribution in [0.1, 0.15) is 36.9 Å². The molecule has 2 heterocycles. The van der Waals surface area contributed by atoms with Crippen LogP contribution in [0, 0.1) is 10.1 Å². The number of anilines is 1. The van der Waals surface area contributed by atoms with Gasteiger partial charge in [-0.05, 0) is 42.0 Å². The van der Waals surface area contributed by atoms with E-state index in [1.165, 1.54) is 47.0 Å². The molecule has 0 spiro atoms. The molecule has 3 amide bonds. The highest BCUT2D eigenvalue weighted by atomic mass is 16.7. The molecule has 1 aliphatic heterocycles. The van der Waals surface area contributed by atoms with Crippen molar-refractivity contribution in [3.63, 3.8) is 0 Å². The van der Waals surface area contributed by atoms with Crippen LogP contribution in [0.25, 0.3) is 0 Å². The lowest BCUT2D eigenvalue weighted by Crippen LogP contribution is -2.31. The molecule has 40 heavy (non-hydrogen) atoms. The van der Waals surface area contributed by atoms with Gasteiger partial charge in [0.25, 0.3) is 11.8 Å². The number of imide groups is 1. The molecule has 0 saturated carbocycles. The highest BCUT2D eigenvalue weighted by Crippen LogP contribution is 2.27. The number of rotatable bonds is 16. The van der Waals surface area contributed by atoms with E-state index in [1.807, 2.05) is 0 Å². The Kier molecular flexibility index (Phi) is 10.7. The van der Waals surface area contributed by atoms with Crippen molar-refractivity contribution in [2.24, 2.45) is 7.05 Å². The molecule has 0 saturated heterocycles. The number of hydrogen-bond donors (Lipinski definition) is 3. The van der Waals surface area contributed by atoms with Crippen molar-refractivity contribution >= 4 is 35.5 Å². The number of carbonyl (C=O) groups is 4. The lowest BCUT2D eigenvalue weighted by Gasteiger charge is -2.14. The molecule has 0 bridgehead atoms. The van der Waals surface area contributed by atoms with E-state index in [0.29, 0.717) is 30.8 Å². The molecular formula is C25H30N6O9. The zero-order valence-electron chi connectivity index (χ0n) is 21.8. The van der Waals surface area contributed by atoms with Gasteiger partial charge in [0, 0.05) is 18.7 Å². The number of carbonyl (C=O) groups excluding carboxylic acids is 3. The smallest absolute Gasteiger partial charge is 0.484 e. The van der Waals surface area contributed by atoms with Gasteiger partial charge in [-0.25, -0.2) is 9.36 Å². The molecule has 0 radical (unpaired) electrons. The molecule has 0 fully saturated rings. The van der Waals surface area contributed by atoms with Gasteiger partial charge < -0.3 is 35.3 Å². The lowest BCUT2D eigenvalue weighted by molar-refractivity contribution is -0.396. The van der Waals surface area contributed by atoms with Gasteiger partial charge in [0.05, 0.1) is 19.3 Å². The van der Waals surface area contributed by atoms with Gasteiger partial charge in [-0.1, -0.05) is 23.9 Å². The van der Waals surface area contributed by atoms with Crippen molar-refractivity contribution in [2.45, 2.75) is 38.9 Å². The number of imidazole rings is 1. The third kappa shape index (κ3) is 8.62. The van der Waals surface area contributed by atoms with Gasteiger partial charge in [0.2, 0.25) is 5.91 Å². The summed E-state index contributed by atoms with van der Waals surface area (Å²) >= 11 is 0. The molecular weight excluding hydrogens is 528 g/mol. The van der Waals surface area contributed by atoms with Crippen molar-refractivity contribution in [3.8, 4) is 5.75 Å². The minimum atomic E-state index is -1.44. The predicted octanol–water partition coefficient (Wildman–Crippen LogP) is 2.12. The lowest BCUT2D eigenvalue weighted by atomic mass is 10.2. The first-order chi connectivity index (χ1) is 19.2. The average Bonchev–Trinajstić information content (AvgIpc) is 3.44. The van der Waals surface area contributed by atoms with Crippen LogP contribution in [-0.2, 0) is 39.4 Å². The standard InChI is InChI=1S/C25H30N6O9/c1-29-18(13-27-24(29)31(37)38)16-39-20-7-6-17(15-40-25(35)36)12-19(20)28-21(32)14-26-10-4-2-3-5-11-30-22(33)8-9-23(30)34/h6-9,12-13,26H,2-5,10-11,14-16H2,1H3,(H,28,32)(H,35,36). The number of aromatic nitrogens is 2. The van der Waals surface area contributed by atoms with E-state index in [-0.39, 0.29) is 54.9 Å². The second-order valence-corrected chi connectivity index (χ2v) is 8.84. The zero-order valence-corrected chi connectivity index (χ0v) is 21.8. The number of hydrogen-bond acceptors (Lipinski definition) is 10. The summed E-state index contributed by atoms with van der Waals surface area (Å²) < 4.78 is 11.7. The predicted molar refractivity (Wildman–Crippen MR) is 139 cm³/mol. The van der Waals surface area contributed by atoms with Crippen LogP contribution in [0.2, 0.25) is 0 Å². The number of ether oxygens (including phenoxy) is 2. The maximum Gasteiger partial charge on any atom is 0.506 e. The number of nitrogens with one attached hydrogen (secondary N) is 2. The fourth-order valence-electron chi connectivity index (χ4n) is 3.85. The van der Waals surface area contributed by atoms with E-state index >= 15 is 0 Å². The van der Waals surface area contributed by atoms with Crippen LogP contribution in [0.15, 0.2) is 36.5 Å². The third-order valence-corrected chi connectivity index (χ3v) is 5.95. The monoisotopic (exact) mass is 558 g/mol. The second kappa shape index (κ2) is 14.4. The van der Waals surface area contributed by atoms with Gasteiger partial charge in [0.15, 0.2) is 5.69 Å². The molecule has 214 valence electrons. The molecule has 1 aromatic heterocycles. The second-order valence-electron chi connectivity index (χ2n) is 8.84. The molecule has 2 aromatic rings. The fraction of sp³-hybridized carbons (Fsp3) is 0.400. The molecule has 1 aromatic carbocycles. The Balaban J connectivity index is 1.47. The topological polar surface area (TPSA) is 195 Å². The first kappa shape index (κ1) is 29.8. The largest absolute Gasteiger partial charge is 0.506 e. The van der Waals surface area contributed by atoms with E-state index in [2.05, 4.69) is 20.4 Å². The highest BCUT2D eigenvalue weighted by Gasteiger charge is 2.22. The average molecular weight is 559 g/mol. The Morgan fingerprint density at radius 2 is 1.82 bits per heavy atom. The minimum Gasteiger partial charge on any atom is -0.484 e. The first-order valence-electron chi connectivity index (χ1n) is 12.5. The van der Waals surface area contributed by atoms with E-state index < -0.39 is 11.1 Å². The molecule has 15 heteroatoms. The summed E-state index contributed by atoms with van der Waals surface area (Å²) in [6.45, 7) is 0.664. The first-order valence-corrected chi connectivity index (χ1v) is 12.5. The Bertz CT molecular complexity index is 1270. The molecule has 3 N–H and O–H groups in total. The number of unbranched alkanes of at least 4 members (excludes halogenated alkanes) is 3. The van der Waals surface area contributed by atoms with E-state index in [9.17, 15) is 29.3 Å². The van der Waals surface area contributed by atoms with Gasteiger partial charge in [0.1, 0.15) is 25.2 Å². The fourth-order valence-corrected chi connectivity index (χ4v) is 3.85. The van der Waals surface area contributed by atoms with Gasteiger partial charge >= 0.3 is 12.1 Å². The van der Waals surface area contributed by atoms with Crippen LogP contribution in [0.3, 0.4) is 0 Å². The molecule has 0 atom stereocenters. The van der Waals surface area contributed by atoms with Crippen LogP contribution >= 0.6 is 0 Å². The summed E-state index contributed by atoms with van der Waals surface area (Å²) in [4.78, 5) is 61.7. The molecule has 0 aliphatic carbocycles. The minimum absolute atomic E-state index is 0.00562. The summed E-state index contributed by atoms with van der Waals surface area (Å²) in [5.41, 5.74) is 1.18. The summed E-state index contributed by atoms with van der Waals surface area (Å²) in [5.74, 6) is -1.01. The molecule has 3 rings (SSSR count). The maximum absolute atomic E-state index is 12.6. The SMILES string of the molecule is Cn1c(COc2ccc(COC(=O)O)cc2NC(=O)CNCCCCCCN2C(=O)C=CC2=O)cnc1[N+](=O)[O-]. The van der Waals surface area contributed by atoms with Gasteiger partial charge in [-0.15, -0.1) is 0 Å². The Morgan fingerprint density at radius 3 is 2.50 bits per heavy atom.